The van der Waals surface area contributed by atoms with Crippen molar-refractivity contribution in [2.45, 2.75) is 66.1 Å². The van der Waals surface area contributed by atoms with E-state index in [1.165, 1.54) is 0 Å². The first kappa shape index (κ1) is 18.9. The smallest absolute Gasteiger partial charge is 0.152 e. The maximum absolute atomic E-state index is 12.0. The van der Waals surface area contributed by atoms with Crippen LogP contribution in [-0.4, -0.2) is 32.5 Å². The lowest BCUT2D eigenvalue weighted by Crippen LogP contribution is -2.37. The molecule has 0 atom stereocenters. The maximum atomic E-state index is 12.0. The molecule has 19 heavy (non-hydrogen) atoms. The predicted octanol–water partition coefficient (Wildman–Crippen LogP) is 3.25. The maximum Gasteiger partial charge on any atom is 0.152 e. The van der Waals surface area contributed by atoms with E-state index in [-0.39, 0.29) is 10.7 Å². The lowest BCUT2D eigenvalue weighted by Gasteiger charge is -2.32. The zero-order valence-corrected chi connectivity index (χ0v) is 14.4. The first-order valence-electron chi connectivity index (χ1n) is 7.61. The van der Waals surface area contributed by atoms with Crippen LogP contribution < -0.4 is 5.32 Å². The van der Waals surface area contributed by atoms with Gasteiger partial charge in [0.25, 0.3) is 0 Å². The van der Waals surface area contributed by atoms with Crippen LogP contribution in [0.15, 0.2) is 0 Å². The molecule has 0 aromatic rings. The Morgan fingerprint density at radius 3 is 1.95 bits per heavy atom. The molecule has 0 rings (SSSR count). The minimum absolute atomic E-state index is 0.122. The second kappa shape index (κ2) is 8.25. The Morgan fingerprint density at radius 2 is 1.58 bits per heavy atom. The van der Waals surface area contributed by atoms with Crippen LogP contribution in [0.2, 0.25) is 0 Å². The fourth-order valence-electron chi connectivity index (χ4n) is 2.16. The Balaban J connectivity index is 4.54. The summed E-state index contributed by atoms with van der Waals surface area (Å²) >= 11 is 0. The standard InChI is InChI=1S/C15H33NO2S/c1-7-15(8-2,12-16-11-13(3)4)9-10-19(17,18)14(5)6/h13-14,16H,7-12H2,1-6H3. The first-order valence-corrected chi connectivity index (χ1v) is 9.33. The molecule has 0 heterocycles. The molecule has 0 unspecified atom stereocenters. The van der Waals surface area contributed by atoms with Crippen molar-refractivity contribution in [1.29, 1.82) is 0 Å². The van der Waals surface area contributed by atoms with Crippen molar-refractivity contribution < 1.29 is 8.42 Å². The molecule has 4 heteroatoms. The van der Waals surface area contributed by atoms with Crippen LogP contribution in [0.3, 0.4) is 0 Å². The topological polar surface area (TPSA) is 46.2 Å². The molecule has 0 fully saturated rings. The van der Waals surface area contributed by atoms with E-state index in [1.807, 2.05) is 0 Å². The van der Waals surface area contributed by atoms with E-state index >= 15 is 0 Å². The minimum atomic E-state index is -2.92. The van der Waals surface area contributed by atoms with E-state index < -0.39 is 9.84 Å². The van der Waals surface area contributed by atoms with Crippen molar-refractivity contribution in [1.82, 2.24) is 5.32 Å². The van der Waals surface area contributed by atoms with Gasteiger partial charge in [0.05, 0.1) is 11.0 Å². The Morgan fingerprint density at radius 1 is 1.05 bits per heavy atom. The molecule has 0 spiro atoms. The second-order valence-corrected chi connectivity index (χ2v) is 9.07. The van der Waals surface area contributed by atoms with Crippen molar-refractivity contribution >= 4 is 9.84 Å². The zero-order valence-electron chi connectivity index (χ0n) is 13.6. The highest BCUT2D eigenvalue weighted by Crippen LogP contribution is 2.31. The van der Waals surface area contributed by atoms with Gasteiger partial charge in [-0.3, -0.25) is 0 Å². The zero-order chi connectivity index (χ0) is 15.1. The van der Waals surface area contributed by atoms with Gasteiger partial charge in [-0.15, -0.1) is 0 Å². The largest absolute Gasteiger partial charge is 0.316 e. The van der Waals surface area contributed by atoms with Crippen LogP contribution in [0, 0.1) is 11.3 Å². The third-order valence-corrected chi connectivity index (χ3v) is 6.40. The number of hydrogen-bond donors (Lipinski definition) is 1. The number of nitrogens with one attached hydrogen (secondary N) is 1. The average Bonchev–Trinajstić information content (AvgIpc) is 2.33. The highest BCUT2D eigenvalue weighted by Gasteiger charge is 2.29. The molecular weight excluding hydrogens is 258 g/mol. The van der Waals surface area contributed by atoms with E-state index in [1.54, 1.807) is 13.8 Å². The van der Waals surface area contributed by atoms with Gasteiger partial charge in [0.15, 0.2) is 9.84 Å². The molecule has 0 bridgehead atoms. The molecule has 0 saturated heterocycles. The van der Waals surface area contributed by atoms with Gasteiger partial charge >= 0.3 is 0 Å². The molecule has 1 N–H and O–H groups in total. The summed E-state index contributed by atoms with van der Waals surface area (Å²) < 4.78 is 23.9. The molecule has 0 aliphatic rings. The number of sulfone groups is 1. The summed E-state index contributed by atoms with van der Waals surface area (Å²) in [5.41, 5.74) is 0.122. The highest BCUT2D eigenvalue weighted by molar-refractivity contribution is 7.91. The van der Waals surface area contributed by atoms with Gasteiger partial charge < -0.3 is 5.32 Å². The lowest BCUT2D eigenvalue weighted by molar-refractivity contribution is 0.236. The van der Waals surface area contributed by atoms with E-state index in [4.69, 9.17) is 0 Å². The molecule has 0 aliphatic carbocycles. The Kier molecular flexibility index (Phi) is 8.21. The van der Waals surface area contributed by atoms with Crippen LogP contribution in [-0.2, 0) is 9.84 Å². The van der Waals surface area contributed by atoms with Gasteiger partial charge in [-0.25, -0.2) is 8.42 Å². The van der Waals surface area contributed by atoms with Gasteiger partial charge in [0.1, 0.15) is 0 Å². The summed E-state index contributed by atoms with van der Waals surface area (Å²) in [6.07, 6.45) is 2.83. The van der Waals surface area contributed by atoms with E-state index in [0.717, 1.165) is 32.4 Å². The summed E-state index contributed by atoms with van der Waals surface area (Å²) in [4.78, 5) is 0. The predicted molar refractivity (Wildman–Crippen MR) is 84.3 cm³/mol. The van der Waals surface area contributed by atoms with Crippen molar-refractivity contribution in [2.24, 2.45) is 11.3 Å². The van der Waals surface area contributed by atoms with Crippen molar-refractivity contribution in [3.8, 4) is 0 Å². The molecule has 116 valence electrons. The van der Waals surface area contributed by atoms with Gasteiger partial charge in [-0.2, -0.15) is 0 Å². The molecule has 3 nitrogen and oxygen atoms in total. The third kappa shape index (κ3) is 6.75. The highest BCUT2D eigenvalue weighted by atomic mass is 32.2. The summed E-state index contributed by atoms with van der Waals surface area (Å²) in [6, 6.07) is 0. The quantitative estimate of drug-likeness (QED) is 0.672. The molecule has 0 saturated carbocycles. The minimum Gasteiger partial charge on any atom is -0.316 e. The van der Waals surface area contributed by atoms with Gasteiger partial charge in [-0.05, 0) is 51.0 Å². The van der Waals surface area contributed by atoms with Crippen LogP contribution >= 0.6 is 0 Å². The van der Waals surface area contributed by atoms with Gasteiger partial charge in [-0.1, -0.05) is 27.7 Å². The molecule has 0 amide bonds. The monoisotopic (exact) mass is 291 g/mol. The molecular formula is C15H33NO2S. The number of rotatable bonds is 10. The Hall–Kier alpha value is -0.0900. The SMILES string of the molecule is CCC(CC)(CCS(=O)(=O)C(C)C)CNCC(C)C. The fourth-order valence-corrected chi connectivity index (χ4v) is 3.35. The van der Waals surface area contributed by atoms with Crippen molar-refractivity contribution in [3.05, 3.63) is 0 Å². The summed E-state index contributed by atoms with van der Waals surface area (Å²) in [5, 5.41) is 3.24. The molecule has 0 radical (unpaired) electrons. The normalized spacial score (nSPS) is 13.5. The van der Waals surface area contributed by atoms with E-state index in [2.05, 4.69) is 33.0 Å². The Bertz CT molecular complexity index is 330. The van der Waals surface area contributed by atoms with Crippen molar-refractivity contribution in [2.75, 3.05) is 18.8 Å². The molecule has 0 aromatic heterocycles. The molecule has 0 aromatic carbocycles. The first-order chi connectivity index (χ1) is 8.69. The van der Waals surface area contributed by atoms with E-state index in [9.17, 15) is 8.42 Å². The summed E-state index contributed by atoms with van der Waals surface area (Å²) in [7, 11) is -2.92. The van der Waals surface area contributed by atoms with Crippen LogP contribution in [0.1, 0.15) is 60.8 Å². The third-order valence-electron chi connectivity index (χ3n) is 4.19. The Labute approximate surface area is 120 Å². The molecule has 0 aliphatic heterocycles. The summed E-state index contributed by atoms with van der Waals surface area (Å²) in [5.74, 6) is 0.946. The van der Waals surface area contributed by atoms with E-state index in [0.29, 0.717) is 11.7 Å². The van der Waals surface area contributed by atoms with Gasteiger partial charge in [0.2, 0.25) is 0 Å². The summed E-state index contributed by atoms with van der Waals surface area (Å²) in [6.45, 7) is 14.2. The van der Waals surface area contributed by atoms with Crippen LogP contribution in [0.4, 0.5) is 0 Å². The van der Waals surface area contributed by atoms with Gasteiger partial charge in [0, 0.05) is 6.54 Å². The number of hydrogen-bond acceptors (Lipinski definition) is 3. The lowest BCUT2D eigenvalue weighted by atomic mass is 9.79. The van der Waals surface area contributed by atoms with Crippen LogP contribution in [0.25, 0.3) is 0 Å². The van der Waals surface area contributed by atoms with Crippen LogP contribution in [0.5, 0.6) is 0 Å². The fraction of sp³-hybridized carbons (Fsp3) is 1.00. The average molecular weight is 292 g/mol. The van der Waals surface area contributed by atoms with Crippen molar-refractivity contribution in [3.63, 3.8) is 0 Å². The second-order valence-electron chi connectivity index (χ2n) is 6.40.